The molecule has 0 heterocycles. The topological polar surface area (TPSA) is 12.4 Å². The highest BCUT2D eigenvalue weighted by atomic mass is 14.7. The molecule has 0 unspecified atom stereocenters. The normalized spacial score (nSPS) is 13.5. The molecular weight excluding hydrogens is 134 g/mol. The molecule has 0 amide bonds. The molecule has 0 saturated carbocycles. The van der Waals surface area contributed by atoms with Crippen LogP contribution in [0.5, 0.6) is 0 Å². The fourth-order valence-corrected chi connectivity index (χ4v) is 0.847. The Morgan fingerprint density at radius 1 is 1.45 bits per heavy atom. The lowest BCUT2D eigenvalue weighted by molar-refractivity contribution is 1.23. The van der Waals surface area contributed by atoms with Crippen LogP contribution in [0.15, 0.2) is 28.8 Å². The first-order valence-corrected chi connectivity index (χ1v) is 3.85. The first kappa shape index (κ1) is 10.2. The molecule has 62 valence electrons. The average molecular weight is 151 g/mol. The maximum Gasteiger partial charge on any atom is 0.0410 e. The zero-order chi connectivity index (χ0) is 8.85. The van der Waals surface area contributed by atoms with Crippen LogP contribution in [-0.2, 0) is 0 Å². The SMILES string of the molecule is C=C(C)CC(=N\C)/C(C)=C\C. The van der Waals surface area contributed by atoms with Crippen LogP contribution in [0.3, 0.4) is 0 Å². The van der Waals surface area contributed by atoms with Crippen LogP contribution in [0.1, 0.15) is 27.2 Å². The van der Waals surface area contributed by atoms with Crippen LogP contribution in [0, 0.1) is 0 Å². The number of hydrogen-bond acceptors (Lipinski definition) is 1. The summed E-state index contributed by atoms with van der Waals surface area (Å²) >= 11 is 0. The van der Waals surface area contributed by atoms with E-state index in [1.54, 1.807) is 0 Å². The largest absolute Gasteiger partial charge is 0.292 e. The quantitative estimate of drug-likeness (QED) is 0.434. The molecule has 0 rings (SSSR count). The minimum Gasteiger partial charge on any atom is -0.292 e. The highest BCUT2D eigenvalue weighted by Crippen LogP contribution is 2.06. The van der Waals surface area contributed by atoms with Crippen molar-refractivity contribution in [1.82, 2.24) is 0 Å². The molecule has 0 radical (unpaired) electrons. The summed E-state index contributed by atoms with van der Waals surface area (Å²) in [5, 5.41) is 0. The van der Waals surface area contributed by atoms with Gasteiger partial charge in [-0.15, -0.1) is 0 Å². The van der Waals surface area contributed by atoms with Gasteiger partial charge in [0.15, 0.2) is 0 Å². The smallest absolute Gasteiger partial charge is 0.0410 e. The van der Waals surface area contributed by atoms with Gasteiger partial charge in [-0.25, -0.2) is 0 Å². The molecular formula is C10H17N. The Morgan fingerprint density at radius 2 is 2.00 bits per heavy atom. The lowest BCUT2D eigenvalue weighted by atomic mass is 10.1. The van der Waals surface area contributed by atoms with Crippen molar-refractivity contribution in [2.75, 3.05) is 7.05 Å². The number of rotatable bonds is 3. The highest BCUT2D eigenvalue weighted by Gasteiger charge is 1.99. The van der Waals surface area contributed by atoms with E-state index in [1.165, 1.54) is 5.57 Å². The van der Waals surface area contributed by atoms with Crippen molar-refractivity contribution in [3.63, 3.8) is 0 Å². The fourth-order valence-electron chi connectivity index (χ4n) is 0.847. The van der Waals surface area contributed by atoms with E-state index in [2.05, 4.69) is 24.6 Å². The highest BCUT2D eigenvalue weighted by molar-refractivity contribution is 6.00. The van der Waals surface area contributed by atoms with Gasteiger partial charge in [0.25, 0.3) is 0 Å². The summed E-state index contributed by atoms with van der Waals surface area (Å²) in [4.78, 5) is 4.19. The molecule has 1 nitrogen and oxygen atoms in total. The van der Waals surface area contributed by atoms with Gasteiger partial charge in [-0.1, -0.05) is 18.2 Å². The maximum absolute atomic E-state index is 4.19. The van der Waals surface area contributed by atoms with Crippen LogP contribution in [-0.4, -0.2) is 12.8 Å². The van der Waals surface area contributed by atoms with Crippen molar-refractivity contribution in [1.29, 1.82) is 0 Å². The summed E-state index contributed by atoms with van der Waals surface area (Å²) in [7, 11) is 1.82. The van der Waals surface area contributed by atoms with Crippen molar-refractivity contribution in [3.05, 3.63) is 23.8 Å². The van der Waals surface area contributed by atoms with Crippen LogP contribution in [0.2, 0.25) is 0 Å². The Bertz CT molecular complexity index is 197. The maximum atomic E-state index is 4.19. The van der Waals surface area contributed by atoms with E-state index in [1.807, 2.05) is 20.9 Å². The Kier molecular flexibility index (Phi) is 4.51. The van der Waals surface area contributed by atoms with Crippen molar-refractivity contribution in [2.45, 2.75) is 27.2 Å². The molecule has 0 aliphatic carbocycles. The van der Waals surface area contributed by atoms with Gasteiger partial charge in [0.05, 0.1) is 0 Å². The summed E-state index contributed by atoms with van der Waals surface area (Å²) in [5.74, 6) is 0. The summed E-state index contributed by atoms with van der Waals surface area (Å²) in [6, 6.07) is 0. The number of hydrogen-bond donors (Lipinski definition) is 0. The molecule has 0 spiro atoms. The van der Waals surface area contributed by atoms with Gasteiger partial charge < -0.3 is 0 Å². The minimum atomic E-state index is 0.896. The van der Waals surface area contributed by atoms with Crippen molar-refractivity contribution in [2.24, 2.45) is 4.99 Å². The number of nitrogens with zero attached hydrogens (tertiary/aromatic N) is 1. The number of aliphatic imine (C=N–C) groups is 1. The standard InChI is InChI=1S/C10H17N/c1-6-9(4)10(11-5)7-8(2)3/h6H,2,7H2,1,3-5H3/b9-6-,11-10+. The van der Waals surface area contributed by atoms with Gasteiger partial charge in [-0.05, 0) is 26.3 Å². The number of allylic oxidation sites excluding steroid dienone is 3. The van der Waals surface area contributed by atoms with Gasteiger partial charge in [-0.2, -0.15) is 0 Å². The summed E-state index contributed by atoms with van der Waals surface area (Å²) in [5.41, 5.74) is 3.54. The zero-order valence-corrected chi connectivity index (χ0v) is 7.94. The molecule has 0 aromatic heterocycles. The molecule has 0 aromatic rings. The average Bonchev–Trinajstić information content (AvgIpc) is 1.98. The molecule has 0 fully saturated rings. The monoisotopic (exact) mass is 151 g/mol. The lowest BCUT2D eigenvalue weighted by Crippen LogP contribution is -2.00. The molecule has 0 aromatic carbocycles. The second kappa shape index (κ2) is 4.89. The molecule has 11 heavy (non-hydrogen) atoms. The van der Waals surface area contributed by atoms with E-state index in [0.717, 1.165) is 17.7 Å². The summed E-state index contributed by atoms with van der Waals surface area (Å²) < 4.78 is 0. The predicted molar refractivity (Wildman–Crippen MR) is 52.2 cm³/mol. The van der Waals surface area contributed by atoms with E-state index < -0.39 is 0 Å². The Morgan fingerprint density at radius 3 is 2.27 bits per heavy atom. The van der Waals surface area contributed by atoms with Crippen molar-refractivity contribution in [3.8, 4) is 0 Å². The lowest BCUT2D eigenvalue weighted by Gasteiger charge is -2.04. The van der Waals surface area contributed by atoms with Crippen LogP contribution < -0.4 is 0 Å². The van der Waals surface area contributed by atoms with Crippen molar-refractivity contribution < 1.29 is 0 Å². The van der Waals surface area contributed by atoms with Gasteiger partial charge >= 0.3 is 0 Å². The van der Waals surface area contributed by atoms with Crippen LogP contribution >= 0.6 is 0 Å². The second-order valence-corrected chi connectivity index (χ2v) is 2.78. The summed E-state index contributed by atoms with van der Waals surface area (Å²) in [6.45, 7) is 9.97. The predicted octanol–water partition coefficient (Wildman–Crippen LogP) is 2.99. The van der Waals surface area contributed by atoms with Crippen LogP contribution in [0.4, 0.5) is 0 Å². The third kappa shape index (κ3) is 3.76. The molecule has 0 saturated heterocycles. The van der Waals surface area contributed by atoms with Crippen molar-refractivity contribution >= 4 is 5.71 Å². The fraction of sp³-hybridized carbons (Fsp3) is 0.500. The second-order valence-electron chi connectivity index (χ2n) is 2.78. The van der Waals surface area contributed by atoms with Gasteiger partial charge in [-0.3, -0.25) is 4.99 Å². The van der Waals surface area contributed by atoms with E-state index in [-0.39, 0.29) is 0 Å². The van der Waals surface area contributed by atoms with E-state index in [9.17, 15) is 0 Å². The Labute approximate surface area is 69.5 Å². The van der Waals surface area contributed by atoms with Gasteiger partial charge in [0.1, 0.15) is 0 Å². The zero-order valence-electron chi connectivity index (χ0n) is 7.94. The summed E-state index contributed by atoms with van der Waals surface area (Å²) in [6.07, 6.45) is 2.97. The third-order valence-electron chi connectivity index (χ3n) is 1.63. The van der Waals surface area contributed by atoms with Crippen LogP contribution in [0.25, 0.3) is 0 Å². The minimum absolute atomic E-state index is 0.896. The Balaban J connectivity index is 4.32. The molecule has 0 N–H and O–H groups in total. The van der Waals surface area contributed by atoms with E-state index in [4.69, 9.17) is 0 Å². The third-order valence-corrected chi connectivity index (χ3v) is 1.63. The first-order chi connectivity index (χ1) is 5.11. The van der Waals surface area contributed by atoms with E-state index in [0.29, 0.717) is 0 Å². The molecule has 1 heteroatoms. The molecule has 0 aliphatic heterocycles. The van der Waals surface area contributed by atoms with E-state index >= 15 is 0 Å². The van der Waals surface area contributed by atoms with Gasteiger partial charge in [0.2, 0.25) is 0 Å². The molecule has 0 aliphatic rings. The van der Waals surface area contributed by atoms with Gasteiger partial charge in [0, 0.05) is 19.2 Å². The molecule has 0 bridgehead atoms. The first-order valence-electron chi connectivity index (χ1n) is 3.85. The Hall–Kier alpha value is -0.850. The molecule has 0 atom stereocenters.